The molecule has 1 amide bonds. The van der Waals surface area contributed by atoms with Crippen LogP contribution in [0.1, 0.15) is 54.2 Å². The van der Waals surface area contributed by atoms with Gasteiger partial charge in [-0.2, -0.15) is 0 Å². The SMILES string of the molecule is CCC1CCCCN1C(=O)c1cc(Nc2cc(C)ccc2C)ccn1. The van der Waals surface area contributed by atoms with E-state index >= 15 is 0 Å². The van der Waals surface area contributed by atoms with Gasteiger partial charge in [-0.15, -0.1) is 0 Å². The molecule has 2 aromatic rings. The molecule has 1 aromatic carbocycles. The van der Waals surface area contributed by atoms with Gasteiger partial charge in [-0.3, -0.25) is 9.78 Å². The molecule has 1 aromatic heterocycles. The lowest BCUT2D eigenvalue weighted by Gasteiger charge is -2.35. The Labute approximate surface area is 150 Å². The molecule has 0 saturated carbocycles. The third-order valence-corrected chi connectivity index (χ3v) is 5.01. The van der Waals surface area contributed by atoms with Crippen molar-refractivity contribution < 1.29 is 4.79 Å². The van der Waals surface area contributed by atoms with Crippen molar-refractivity contribution in [1.82, 2.24) is 9.88 Å². The Morgan fingerprint density at radius 3 is 2.88 bits per heavy atom. The minimum atomic E-state index is 0.0520. The van der Waals surface area contributed by atoms with Gasteiger partial charge in [0.25, 0.3) is 5.91 Å². The Kier molecular flexibility index (Phi) is 5.37. The van der Waals surface area contributed by atoms with E-state index in [-0.39, 0.29) is 5.91 Å². The third kappa shape index (κ3) is 4.01. The van der Waals surface area contributed by atoms with Gasteiger partial charge in [0.05, 0.1) is 0 Å². The molecule has 1 N–H and O–H groups in total. The average molecular weight is 337 g/mol. The minimum Gasteiger partial charge on any atom is -0.355 e. The highest BCUT2D eigenvalue weighted by Gasteiger charge is 2.26. The number of likely N-dealkylation sites (tertiary alicyclic amines) is 1. The normalized spacial score (nSPS) is 17.4. The summed E-state index contributed by atoms with van der Waals surface area (Å²) in [6.07, 6.45) is 6.12. The van der Waals surface area contributed by atoms with Crippen molar-refractivity contribution in [2.45, 2.75) is 52.5 Å². The molecule has 4 nitrogen and oxygen atoms in total. The van der Waals surface area contributed by atoms with Gasteiger partial charge in [0.1, 0.15) is 5.69 Å². The second kappa shape index (κ2) is 7.68. The number of nitrogens with one attached hydrogen (secondary N) is 1. The average Bonchev–Trinajstić information content (AvgIpc) is 2.64. The summed E-state index contributed by atoms with van der Waals surface area (Å²) in [6.45, 7) is 7.15. The van der Waals surface area contributed by atoms with E-state index < -0.39 is 0 Å². The number of anilines is 2. The van der Waals surface area contributed by atoms with Crippen molar-refractivity contribution >= 4 is 17.3 Å². The molecule has 1 aliphatic rings. The number of amides is 1. The highest BCUT2D eigenvalue weighted by molar-refractivity contribution is 5.93. The van der Waals surface area contributed by atoms with Gasteiger partial charge in [0.2, 0.25) is 0 Å². The van der Waals surface area contributed by atoms with Crippen LogP contribution < -0.4 is 5.32 Å². The number of nitrogens with zero attached hydrogens (tertiary/aromatic N) is 2. The summed E-state index contributed by atoms with van der Waals surface area (Å²) in [5, 5.41) is 3.43. The maximum atomic E-state index is 12.9. The maximum absolute atomic E-state index is 12.9. The van der Waals surface area contributed by atoms with Gasteiger partial charge in [-0.1, -0.05) is 19.1 Å². The molecule has 3 rings (SSSR count). The zero-order chi connectivity index (χ0) is 17.8. The summed E-state index contributed by atoms with van der Waals surface area (Å²) in [5.41, 5.74) is 4.87. The molecule has 0 spiro atoms. The lowest BCUT2D eigenvalue weighted by molar-refractivity contribution is 0.0602. The highest BCUT2D eigenvalue weighted by Crippen LogP contribution is 2.24. The molecule has 0 bridgehead atoms. The van der Waals surface area contributed by atoms with Crippen LogP contribution >= 0.6 is 0 Å². The van der Waals surface area contributed by atoms with Crippen molar-refractivity contribution in [3.05, 3.63) is 53.3 Å². The fraction of sp³-hybridized carbons (Fsp3) is 0.429. The number of aromatic nitrogens is 1. The number of carbonyl (C=O) groups is 1. The molecule has 1 atom stereocenters. The molecule has 1 saturated heterocycles. The molecule has 25 heavy (non-hydrogen) atoms. The predicted octanol–water partition coefficient (Wildman–Crippen LogP) is 4.85. The first-order chi connectivity index (χ1) is 12.1. The first-order valence-electron chi connectivity index (χ1n) is 9.19. The Morgan fingerprint density at radius 1 is 1.24 bits per heavy atom. The van der Waals surface area contributed by atoms with E-state index in [1.807, 2.05) is 17.0 Å². The van der Waals surface area contributed by atoms with Crippen LogP contribution in [0.15, 0.2) is 36.5 Å². The van der Waals surface area contributed by atoms with Crippen LogP contribution in [0, 0.1) is 13.8 Å². The standard InChI is InChI=1S/C21H27N3O/c1-4-18-7-5-6-12-24(18)21(25)20-14-17(10-11-22-20)23-19-13-15(2)8-9-16(19)3/h8-11,13-14,18H,4-7,12H2,1-3H3,(H,22,23). The van der Waals surface area contributed by atoms with Crippen molar-refractivity contribution in [1.29, 1.82) is 0 Å². The zero-order valence-corrected chi connectivity index (χ0v) is 15.4. The minimum absolute atomic E-state index is 0.0520. The van der Waals surface area contributed by atoms with Crippen LogP contribution in [-0.4, -0.2) is 28.4 Å². The lowest BCUT2D eigenvalue weighted by atomic mass is 9.99. The van der Waals surface area contributed by atoms with Crippen LogP contribution in [0.25, 0.3) is 0 Å². The summed E-state index contributed by atoms with van der Waals surface area (Å²) in [5.74, 6) is 0.0520. The number of rotatable bonds is 4. The topological polar surface area (TPSA) is 45.2 Å². The second-order valence-electron chi connectivity index (χ2n) is 6.93. The summed E-state index contributed by atoms with van der Waals surface area (Å²) < 4.78 is 0. The van der Waals surface area contributed by atoms with Crippen molar-refractivity contribution in [3.8, 4) is 0 Å². The van der Waals surface area contributed by atoms with Crippen LogP contribution in [0.4, 0.5) is 11.4 Å². The molecule has 1 unspecified atom stereocenters. The number of hydrogen-bond acceptors (Lipinski definition) is 3. The smallest absolute Gasteiger partial charge is 0.272 e. The largest absolute Gasteiger partial charge is 0.355 e. The van der Waals surface area contributed by atoms with E-state index in [0.717, 1.165) is 37.2 Å². The van der Waals surface area contributed by atoms with E-state index in [9.17, 15) is 4.79 Å². The lowest BCUT2D eigenvalue weighted by Crippen LogP contribution is -2.43. The molecule has 2 heterocycles. The maximum Gasteiger partial charge on any atom is 0.272 e. The van der Waals surface area contributed by atoms with E-state index in [2.05, 4.69) is 49.3 Å². The molecule has 1 fully saturated rings. The van der Waals surface area contributed by atoms with E-state index in [0.29, 0.717) is 11.7 Å². The number of pyridine rings is 1. The number of carbonyl (C=O) groups excluding carboxylic acids is 1. The van der Waals surface area contributed by atoms with E-state index in [4.69, 9.17) is 0 Å². The fourth-order valence-electron chi connectivity index (χ4n) is 3.49. The molecule has 0 radical (unpaired) electrons. The van der Waals surface area contributed by atoms with Crippen LogP contribution in [0.3, 0.4) is 0 Å². The third-order valence-electron chi connectivity index (χ3n) is 5.01. The van der Waals surface area contributed by atoms with Crippen LogP contribution in [0.5, 0.6) is 0 Å². The first kappa shape index (κ1) is 17.5. The Balaban J connectivity index is 1.81. The van der Waals surface area contributed by atoms with Crippen LogP contribution in [0.2, 0.25) is 0 Å². The number of benzene rings is 1. The number of hydrogen-bond donors (Lipinski definition) is 1. The second-order valence-corrected chi connectivity index (χ2v) is 6.93. The van der Waals surface area contributed by atoms with E-state index in [1.165, 1.54) is 17.5 Å². The molecular weight excluding hydrogens is 310 g/mol. The van der Waals surface area contributed by atoms with Crippen molar-refractivity contribution in [3.63, 3.8) is 0 Å². The monoisotopic (exact) mass is 337 g/mol. The number of piperidine rings is 1. The summed E-state index contributed by atoms with van der Waals surface area (Å²) in [4.78, 5) is 19.3. The van der Waals surface area contributed by atoms with Gasteiger partial charge < -0.3 is 10.2 Å². The van der Waals surface area contributed by atoms with Crippen molar-refractivity contribution in [2.75, 3.05) is 11.9 Å². The predicted molar refractivity (Wildman–Crippen MR) is 102 cm³/mol. The van der Waals surface area contributed by atoms with Gasteiger partial charge in [-0.25, -0.2) is 0 Å². The van der Waals surface area contributed by atoms with Gasteiger partial charge in [-0.05, 0) is 68.9 Å². The molecule has 1 aliphatic heterocycles. The van der Waals surface area contributed by atoms with Gasteiger partial charge in [0, 0.05) is 30.2 Å². The van der Waals surface area contributed by atoms with Crippen molar-refractivity contribution in [2.24, 2.45) is 0 Å². The summed E-state index contributed by atoms with van der Waals surface area (Å²) >= 11 is 0. The van der Waals surface area contributed by atoms with Gasteiger partial charge in [0.15, 0.2) is 0 Å². The number of aryl methyl sites for hydroxylation is 2. The first-order valence-corrected chi connectivity index (χ1v) is 9.19. The summed E-state index contributed by atoms with van der Waals surface area (Å²) in [7, 11) is 0. The molecule has 4 heteroatoms. The zero-order valence-electron chi connectivity index (χ0n) is 15.4. The Morgan fingerprint density at radius 2 is 2.08 bits per heavy atom. The Bertz CT molecular complexity index is 757. The molecular formula is C21H27N3O. The molecule has 0 aliphatic carbocycles. The van der Waals surface area contributed by atoms with Crippen LogP contribution in [-0.2, 0) is 0 Å². The summed E-state index contributed by atoms with van der Waals surface area (Å²) in [6, 6.07) is 10.4. The fourth-order valence-corrected chi connectivity index (χ4v) is 3.49. The Hall–Kier alpha value is -2.36. The van der Waals surface area contributed by atoms with Gasteiger partial charge >= 0.3 is 0 Å². The quantitative estimate of drug-likeness (QED) is 0.867. The van der Waals surface area contributed by atoms with E-state index in [1.54, 1.807) is 6.20 Å². The highest BCUT2D eigenvalue weighted by atomic mass is 16.2. The molecule has 132 valence electrons.